The lowest BCUT2D eigenvalue weighted by Crippen LogP contribution is -2.21. The smallest absolute Gasteiger partial charge is 0.137 e. The molecule has 0 saturated heterocycles. The summed E-state index contributed by atoms with van der Waals surface area (Å²) in [7, 11) is 4.08. The second-order valence-electron chi connectivity index (χ2n) is 4.23. The van der Waals surface area contributed by atoms with Crippen molar-refractivity contribution in [1.29, 1.82) is 0 Å². The molecule has 5 nitrogen and oxygen atoms in total. The van der Waals surface area contributed by atoms with E-state index in [1.54, 1.807) is 6.33 Å². The lowest BCUT2D eigenvalue weighted by atomic mass is 10.2. The summed E-state index contributed by atoms with van der Waals surface area (Å²) in [6.07, 6.45) is 1.57. The van der Waals surface area contributed by atoms with Gasteiger partial charge in [-0.2, -0.15) is 0 Å². The fourth-order valence-corrected chi connectivity index (χ4v) is 1.61. The van der Waals surface area contributed by atoms with Gasteiger partial charge in [0.25, 0.3) is 0 Å². The Labute approximate surface area is 101 Å². The van der Waals surface area contributed by atoms with Crippen LogP contribution in [-0.4, -0.2) is 42.1 Å². The van der Waals surface area contributed by atoms with Crippen LogP contribution in [-0.2, 0) is 0 Å². The molecule has 17 heavy (non-hydrogen) atoms. The Hall–Kier alpha value is -1.88. The fraction of sp³-hybridized carbons (Fsp3) is 0.333. The standard InChI is InChI=1S/C12H17N5/c1-17(2)6-5-14-12-10-7-9(13)3-4-11(10)15-8-16-12/h3-4,7-8H,5-6,13H2,1-2H3,(H,14,15,16). The second-order valence-corrected chi connectivity index (χ2v) is 4.23. The number of hydrogen-bond donors (Lipinski definition) is 2. The van der Waals surface area contributed by atoms with Crippen LogP contribution in [0.1, 0.15) is 0 Å². The molecule has 5 heteroatoms. The molecule has 0 spiro atoms. The first-order chi connectivity index (χ1) is 8.16. The molecule has 0 bridgehead atoms. The van der Waals surface area contributed by atoms with Gasteiger partial charge in [0.15, 0.2) is 0 Å². The number of aromatic nitrogens is 2. The average molecular weight is 231 g/mol. The lowest BCUT2D eigenvalue weighted by Gasteiger charge is -2.12. The van der Waals surface area contributed by atoms with Gasteiger partial charge in [-0.25, -0.2) is 9.97 Å². The predicted octanol–water partition coefficient (Wildman–Crippen LogP) is 1.19. The SMILES string of the molecule is CN(C)CCNc1ncnc2ccc(N)cc12. The van der Waals surface area contributed by atoms with Crippen molar-refractivity contribution < 1.29 is 0 Å². The van der Waals surface area contributed by atoms with E-state index in [2.05, 4.69) is 20.2 Å². The van der Waals surface area contributed by atoms with Crippen molar-refractivity contribution in [3.05, 3.63) is 24.5 Å². The highest BCUT2D eigenvalue weighted by Gasteiger charge is 2.03. The largest absolute Gasteiger partial charge is 0.399 e. The first-order valence-electron chi connectivity index (χ1n) is 5.55. The van der Waals surface area contributed by atoms with E-state index in [4.69, 9.17) is 5.73 Å². The number of nitrogens with two attached hydrogens (primary N) is 1. The molecule has 0 aliphatic carbocycles. The number of anilines is 2. The van der Waals surface area contributed by atoms with Crippen LogP contribution in [0.3, 0.4) is 0 Å². The summed E-state index contributed by atoms with van der Waals surface area (Å²) in [5.41, 5.74) is 7.41. The second kappa shape index (κ2) is 4.97. The summed E-state index contributed by atoms with van der Waals surface area (Å²) >= 11 is 0. The maximum Gasteiger partial charge on any atom is 0.137 e. The van der Waals surface area contributed by atoms with Crippen LogP contribution >= 0.6 is 0 Å². The van der Waals surface area contributed by atoms with Crippen LogP contribution in [0.25, 0.3) is 10.9 Å². The Kier molecular flexibility index (Phi) is 3.39. The molecule has 0 amide bonds. The number of nitrogens with one attached hydrogen (secondary N) is 1. The van der Waals surface area contributed by atoms with E-state index in [9.17, 15) is 0 Å². The number of rotatable bonds is 4. The Morgan fingerprint density at radius 1 is 1.29 bits per heavy atom. The van der Waals surface area contributed by atoms with Crippen molar-refractivity contribution in [3.63, 3.8) is 0 Å². The third-order valence-corrected chi connectivity index (χ3v) is 2.51. The Bertz CT molecular complexity index is 509. The van der Waals surface area contributed by atoms with Crippen molar-refractivity contribution in [2.45, 2.75) is 0 Å². The molecule has 1 aromatic carbocycles. The molecule has 0 radical (unpaired) electrons. The zero-order chi connectivity index (χ0) is 12.3. The number of nitrogen functional groups attached to an aromatic ring is 1. The summed E-state index contributed by atoms with van der Waals surface area (Å²) in [5, 5.41) is 4.26. The molecule has 1 aromatic heterocycles. The van der Waals surface area contributed by atoms with Gasteiger partial charge < -0.3 is 16.0 Å². The summed E-state index contributed by atoms with van der Waals surface area (Å²) in [4.78, 5) is 10.6. The molecule has 1 heterocycles. The molecule has 0 fully saturated rings. The monoisotopic (exact) mass is 231 g/mol. The number of nitrogens with zero attached hydrogens (tertiary/aromatic N) is 3. The minimum absolute atomic E-state index is 0.725. The molecule has 2 rings (SSSR count). The highest BCUT2D eigenvalue weighted by Crippen LogP contribution is 2.21. The fourth-order valence-electron chi connectivity index (χ4n) is 1.61. The van der Waals surface area contributed by atoms with Crippen LogP contribution in [0.15, 0.2) is 24.5 Å². The van der Waals surface area contributed by atoms with E-state index in [1.807, 2.05) is 32.3 Å². The molecular weight excluding hydrogens is 214 g/mol. The van der Waals surface area contributed by atoms with Crippen molar-refractivity contribution in [2.24, 2.45) is 0 Å². The zero-order valence-corrected chi connectivity index (χ0v) is 10.1. The normalized spacial score (nSPS) is 11.0. The van der Waals surface area contributed by atoms with Crippen LogP contribution in [0.2, 0.25) is 0 Å². The minimum Gasteiger partial charge on any atom is -0.399 e. The number of fused-ring (bicyclic) bond motifs is 1. The van der Waals surface area contributed by atoms with Gasteiger partial charge in [-0.3, -0.25) is 0 Å². The maximum atomic E-state index is 5.78. The highest BCUT2D eigenvalue weighted by molar-refractivity contribution is 5.91. The average Bonchev–Trinajstić information content (AvgIpc) is 2.29. The predicted molar refractivity (Wildman–Crippen MR) is 71.0 cm³/mol. The van der Waals surface area contributed by atoms with Crippen molar-refractivity contribution in [2.75, 3.05) is 38.2 Å². The Morgan fingerprint density at radius 3 is 2.88 bits per heavy atom. The van der Waals surface area contributed by atoms with E-state index in [0.717, 1.165) is 35.5 Å². The van der Waals surface area contributed by atoms with E-state index >= 15 is 0 Å². The molecule has 0 unspecified atom stereocenters. The van der Waals surface area contributed by atoms with Gasteiger partial charge in [-0.15, -0.1) is 0 Å². The van der Waals surface area contributed by atoms with Crippen molar-refractivity contribution in [1.82, 2.24) is 14.9 Å². The summed E-state index contributed by atoms with van der Waals surface area (Å²) in [6, 6.07) is 5.65. The summed E-state index contributed by atoms with van der Waals surface area (Å²) < 4.78 is 0. The third kappa shape index (κ3) is 2.82. The van der Waals surface area contributed by atoms with Crippen molar-refractivity contribution >= 4 is 22.4 Å². The third-order valence-electron chi connectivity index (χ3n) is 2.51. The van der Waals surface area contributed by atoms with Crippen LogP contribution in [0.5, 0.6) is 0 Å². The van der Waals surface area contributed by atoms with Gasteiger partial charge in [-0.05, 0) is 32.3 Å². The van der Waals surface area contributed by atoms with Gasteiger partial charge in [0.05, 0.1) is 5.52 Å². The van der Waals surface area contributed by atoms with Gasteiger partial charge in [0, 0.05) is 24.2 Å². The topological polar surface area (TPSA) is 67.1 Å². The van der Waals surface area contributed by atoms with Crippen LogP contribution in [0.4, 0.5) is 11.5 Å². The minimum atomic E-state index is 0.725. The Morgan fingerprint density at radius 2 is 2.12 bits per heavy atom. The van der Waals surface area contributed by atoms with Gasteiger partial charge in [-0.1, -0.05) is 0 Å². The van der Waals surface area contributed by atoms with E-state index in [-0.39, 0.29) is 0 Å². The van der Waals surface area contributed by atoms with Gasteiger partial charge >= 0.3 is 0 Å². The molecule has 3 N–H and O–H groups in total. The first kappa shape index (κ1) is 11.6. The van der Waals surface area contributed by atoms with Crippen LogP contribution in [0, 0.1) is 0 Å². The summed E-state index contributed by atoms with van der Waals surface area (Å²) in [5.74, 6) is 0.837. The lowest BCUT2D eigenvalue weighted by molar-refractivity contribution is 0.425. The zero-order valence-electron chi connectivity index (χ0n) is 10.1. The molecule has 2 aromatic rings. The van der Waals surface area contributed by atoms with Crippen LogP contribution < -0.4 is 11.1 Å². The molecule has 90 valence electrons. The van der Waals surface area contributed by atoms with Gasteiger partial charge in [0.1, 0.15) is 12.1 Å². The first-order valence-corrected chi connectivity index (χ1v) is 5.55. The van der Waals surface area contributed by atoms with E-state index in [0.29, 0.717) is 0 Å². The molecule has 0 saturated carbocycles. The maximum absolute atomic E-state index is 5.78. The molecular formula is C12H17N5. The number of hydrogen-bond acceptors (Lipinski definition) is 5. The highest BCUT2D eigenvalue weighted by atomic mass is 15.1. The Balaban J connectivity index is 2.24. The van der Waals surface area contributed by atoms with E-state index < -0.39 is 0 Å². The summed E-state index contributed by atoms with van der Waals surface area (Å²) in [6.45, 7) is 1.79. The van der Waals surface area contributed by atoms with Crippen molar-refractivity contribution in [3.8, 4) is 0 Å². The quantitative estimate of drug-likeness (QED) is 0.774. The van der Waals surface area contributed by atoms with Gasteiger partial charge in [0.2, 0.25) is 0 Å². The van der Waals surface area contributed by atoms with E-state index in [1.165, 1.54) is 0 Å². The molecule has 0 aliphatic heterocycles. The number of benzene rings is 1. The molecule has 0 aliphatic rings. The number of likely N-dealkylation sites (N-methyl/N-ethyl adjacent to an activating group) is 1. The molecule has 0 atom stereocenters.